The smallest absolute Gasteiger partial charge is 0.306 e. The lowest BCUT2D eigenvalue weighted by atomic mass is 9.97. The first kappa shape index (κ1) is 43.7. The topological polar surface area (TPSA) is 190 Å². The van der Waals surface area contributed by atoms with Gasteiger partial charge in [-0.1, -0.05) is 83.3 Å². The Morgan fingerprint density at radius 1 is 0.793 bits per heavy atom. The van der Waals surface area contributed by atoms with Crippen molar-refractivity contribution in [3.05, 3.63) is 128 Å². The van der Waals surface area contributed by atoms with Crippen LogP contribution in [0.25, 0.3) is 22.3 Å². The summed E-state index contributed by atoms with van der Waals surface area (Å²) in [6.45, 7) is 3.00. The fourth-order valence-corrected chi connectivity index (χ4v) is 6.79. The van der Waals surface area contributed by atoms with Crippen LogP contribution in [0, 0.1) is 22.7 Å². The molecule has 300 valence electrons. The van der Waals surface area contributed by atoms with Gasteiger partial charge in [0, 0.05) is 54.0 Å². The number of pyridine rings is 1. The van der Waals surface area contributed by atoms with Gasteiger partial charge >= 0.3 is 5.97 Å². The summed E-state index contributed by atoms with van der Waals surface area (Å²) in [6.07, 6.45) is -0.469. The van der Waals surface area contributed by atoms with E-state index in [1.807, 2.05) is 72.8 Å². The van der Waals surface area contributed by atoms with Gasteiger partial charge in [-0.25, -0.2) is 0 Å². The predicted molar refractivity (Wildman–Crippen MR) is 221 cm³/mol. The standard InChI is InChI=1S/C43H40Cl3N5O7/c1-43(55,20-38(53)54)26-50-23-32-19-37(44)42(51-41(32)57-24-29-17-27(21-47)16-28(18-29)22-48)58-25-31-4-2-6-35(39(31)45)36-7-3-5-34(40(36)46)30-8-10-33(11-9-30)56-15-13-49-12-14-52/h2-11,16-19,49-50,52,55H,12-15,20,23-26H2,1H3,(H,53,54). The van der Waals surface area contributed by atoms with Crippen molar-refractivity contribution in [1.29, 1.82) is 10.5 Å². The highest BCUT2D eigenvalue weighted by Gasteiger charge is 2.24. The SMILES string of the molecule is CC(O)(CNCc1cc(Cl)c(OCc2cccc(-c3cccc(-c4ccc(OCCNCCO)cc4)c3Cl)c2Cl)nc1OCc1cc(C#N)cc(C#N)c1)CC(=O)O. The van der Waals surface area contributed by atoms with Crippen LogP contribution in [0.3, 0.4) is 0 Å². The molecule has 5 N–H and O–H groups in total. The molecule has 0 bridgehead atoms. The second-order valence-electron chi connectivity index (χ2n) is 13.4. The van der Waals surface area contributed by atoms with Crippen molar-refractivity contribution in [2.24, 2.45) is 0 Å². The summed E-state index contributed by atoms with van der Waals surface area (Å²) in [5, 5.41) is 54.6. The van der Waals surface area contributed by atoms with E-state index in [9.17, 15) is 20.4 Å². The van der Waals surface area contributed by atoms with Crippen molar-refractivity contribution >= 4 is 40.8 Å². The van der Waals surface area contributed by atoms with Gasteiger partial charge in [-0.2, -0.15) is 15.5 Å². The van der Waals surface area contributed by atoms with Crippen LogP contribution in [0.15, 0.2) is 84.9 Å². The molecule has 0 aliphatic carbocycles. The molecule has 1 unspecified atom stereocenters. The van der Waals surface area contributed by atoms with Gasteiger partial charge in [-0.15, -0.1) is 0 Å². The molecule has 58 heavy (non-hydrogen) atoms. The Morgan fingerprint density at radius 3 is 2.12 bits per heavy atom. The highest BCUT2D eigenvalue weighted by atomic mass is 35.5. The van der Waals surface area contributed by atoms with E-state index in [0.717, 1.165) is 11.1 Å². The molecule has 0 aliphatic heterocycles. The first-order chi connectivity index (χ1) is 27.9. The second-order valence-corrected chi connectivity index (χ2v) is 14.6. The molecule has 1 aromatic heterocycles. The first-order valence-corrected chi connectivity index (χ1v) is 19.2. The van der Waals surface area contributed by atoms with E-state index in [1.165, 1.54) is 13.0 Å². The van der Waals surface area contributed by atoms with Gasteiger partial charge < -0.3 is 40.2 Å². The third-order valence-corrected chi connectivity index (χ3v) is 9.82. The Labute approximate surface area is 351 Å². The number of aliphatic hydroxyl groups is 2. The van der Waals surface area contributed by atoms with E-state index >= 15 is 0 Å². The summed E-state index contributed by atoms with van der Waals surface area (Å²) in [7, 11) is 0. The minimum atomic E-state index is -1.53. The third kappa shape index (κ3) is 12.1. The number of nitrogens with one attached hydrogen (secondary N) is 2. The number of nitrogens with zero attached hydrogens (tertiary/aromatic N) is 3. The molecule has 4 aromatic carbocycles. The number of hydrogen-bond donors (Lipinski definition) is 5. The summed E-state index contributed by atoms with van der Waals surface area (Å²) in [6, 6.07) is 29.2. The number of benzene rings is 4. The maximum absolute atomic E-state index is 11.2. The summed E-state index contributed by atoms with van der Waals surface area (Å²) >= 11 is 20.7. The zero-order valence-corrected chi connectivity index (χ0v) is 33.7. The normalized spacial score (nSPS) is 11.9. The molecule has 0 saturated heterocycles. The lowest BCUT2D eigenvalue weighted by Gasteiger charge is -2.22. The average Bonchev–Trinajstić information content (AvgIpc) is 3.20. The van der Waals surface area contributed by atoms with E-state index in [0.29, 0.717) is 74.4 Å². The van der Waals surface area contributed by atoms with E-state index in [1.54, 1.807) is 18.2 Å². The van der Waals surface area contributed by atoms with Gasteiger partial charge in [-0.3, -0.25) is 4.79 Å². The largest absolute Gasteiger partial charge is 0.492 e. The number of hydrogen-bond acceptors (Lipinski definition) is 11. The number of carbonyl (C=O) groups is 1. The molecule has 1 heterocycles. The number of carboxylic acids is 1. The number of rotatable bonds is 20. The van der Waals surface area contributed by atoms with Crippen molar-refractivity contribution in [2.45, 2.75) is 38.7 Å². The van der Waals surface area contributed by atoms with E-state index in [4.69, 9.17) is 59.2 Å². The summed E-state index contributed by atoms with van der Waals surface area (Å²) in [4.78, 5) is 15.8. The Morgan fingerprint density at radius 2 is 1.45 bits per heavy atom. The maximum Gasteiger partial charge on any atom is 0.306 e. The molecule has 0 radical (unpaired) electrons. The lowest BCUT2D eigenvalue weighted by Crippen LogP contribution is -2.39. The number of halogens is 3. The van der Waals surface area contributed by atoms with Crippen LogP contribution < -0.4 is 24.8 Å². The van der Waals surface area contributed by atoms with Crippen LogP contribution in [0.1, 0.15) is 41.2 Å². The predicted octanol–water partition coefficient (Wildman–Crippen LogP) is 7.55. The quantitative estimate of drug-likeness (QED) is 0.0485. The van der Waals surface area contributed by atoms with E-state index in [2.05, 4.69) is 15.6 Å². The molecule has 1 atom stereocenters. The van der Waals surface area contributed by atoms with Crippen molar-refractivity contribution in [1.82, 2.24) is 15.6 Å². The van der Waals surface area contributed by atoms with Crippen molar-refractivity contribution < 1.29 is 34.3 Å². The Bertz CT molecular complexity index is 2280. The van der Waals surface area contributed by atoms with Gasteiger partial charge in [0.1, 0.15) is 30.6 Å². The molecule has 15 heteroatoms. The fourth-order valence-electron chi connectivity index (χ4n) is 5.94. The van der Waals surface area contributed by atoms with E-state index < -0.39 is 18.0 Å². The average molecular weight is 845 g/mol. The zero-order valence-electron chi connectivity index (χ0n) is 31.4. The molecule has 12 nitrogen and oxygen atoms in total. The van der Waals surface area contributed by atoms with Gasteiger partial charge in [-0.05, 0) is 54.4 Å². The molecule has 0 aliphatic rings. The van der Waals surface area contributed by atoms with E-state index in [-0.39, 0.29) is 49.7 Å². The number of ether oxygens (including phenoxy) is 3. The Hall–Kier alpha value is -5.41. The van der Waals surface area contributed by atoms with Crippen LogP contribution in [0.5, 0.6) is 17.5 Å². The molecule has 0 fully saturated rings. The van der Waals surface area contributed by atoms with Crippen LogP contribution in [-0.4, -0.2) is 64.7 Å². The minimum absolute atomic E-state index is 0.0292. The fraction of sp³-hybridized carbons (Fsp3) is 0.256. The first-order valence-electron chi connectivity index (χ1n) is 18.1. The summed E-state index contributed by atoms with van der Waals surface area (Å²) in [5.41, 5.74) is 3.80. The Kier molecular flexibility index (Phi) is 15.7. The second kappa shape index (κ2) is 20.8. The monoisotopic (exact) mass is 843 g/mol. The van der Waals surface area contributed by atoms with Crippen LogP contribution in [-0.2, 0) is 24.6 Å². The van der Waals surface area contributed by atoms with Gasteiger partial charge in [0.15, 0.2) is 0 Å². The Balaban J connectivity index is 1.35. The number of carboxylic acid groups (broad SMARTS) is 1. The van der Waals surface area contributed by atoms with Crippen LogP contribution >= 0.6 is 34.8 Å². The number of aliphatic hydroxyl groups excluding tert-OH is 1. The van der Waals surface area contributed by atoms with Crippen molar-refractivity contribution in [3.63, 3.8) is 0 Å². The number of aromatic nitrogens is 1. The maximum atomic E-state index is 11.2. The van der Waals surface area contributed by atoms with Crippen molar-refractivity contribution in [3.8, 4) is 51.9 Å². The molecule has 0 saturated carbocycles. The van der Waals surface area contributed by atoms with Gasteiger partial charge in [0.05, 0.1) is 51.9 Å². The van der Waals surface area contributed by atoms with Crippen molar-refractivity contribution in [2.75, 3.05) is 32.8 Å². The number of nitriles is 2. The summed E-state index contributed by atoms with van der Waals surface area (Å²) in [5.74, 6) is -0.283. The molecular formula is C43H40Cl3N5O7. The molecular weight excluding hydrogens is 805 g/mol. The molecule has 0 spiro atoms. The lowest BCUT2D eigenvalue weighted by molar-refractivity contribution is -0.141. The van der Waals surface area contributed by atoms with Crippen LogP contribution in [0.4, 0.5) is 0 Å². The summed E-state index contributed by atoms with van der Waals surface area (Å²) < 4.78 is 18.0. The van der Waals surface area contributed by atoms with Gasteiger partial charge in [0.25, 0.3) is 0 Å². The highest BCUT2D eigenvalue weighted by Crippen LogP contribution is 2.41. The highest BCUT2D eigenvalue weighted by molar-refractivity contribution is 6.38. The number of aliphatic carboxylic acids is 1. The third-order valence-electron chi connectivity index (χ3n) is 8.70. The zero-order chi connectivity index (χ0) is 41.7. The molecule has 5 rings (SSSR count). The molecule has 0 amide bonds. The van der Waals surface area contributed by atoms with Crippen LogP contribution in [0.2, 0.25) is 15.1 Å². The molecule has 5 aromatic rings. The van der Waals surface area contributed by atoms with Gasteiger partial charge in [0.2, 0.25) is 11.8 Å². The minimum Gasteiger partial charge on any atom is -0.492 e.